The maximum Gasteiger partial charge on any atom is 0 e. The van der Waals surface area contributed by atoms with Crippen LogP contribution >= 0.6 is 0 Å². The Bertz CT molecular complexity index is 89.6. The summed E-state index contributed by atoms with van der Waals surface area (Å²) in [7, 11) is 2.15. The Labute approximate surface area is 95.8 Å². The van der Waals surface area contributed by atoms with Gasteiger partial charge in [0.05, 0.1) is 0 Å². The first-order valence-corrected chi connectivity index (χ1v) is 4.17. The van der Waals surface area contributed by atoms with Crippen LogP contribution in [0.15, 0.2) is 0 Å². The predicted octanol–water partition coefficient (Wildman–Crippen LogP) is 1.90. The Hall–Kier alpha value is 1.06. The van der Waals surface area contributed by atoms with Gasteiger partial charge in [0.1, 0.15) is 0 Å². The van der Waals surface area contributed by atoms with Crippen LogP contribution in [0.1, 0.15) is 25.7 Å². The molecule has 0 aromatic heterocycles. The largest absolute Gasteiger partial charge is 0.362 e. The molecule has 1 nitrogen and oxygen atoms in total. The van der Waals surface area contributed by atoms with E-state index < -0.39 is 0 Å². The van der Waals surface area contributed by atoms with Gasteiger partial charge in [0.25, 0.3) is 0 Å². The van der Waals surface area contributed by atoms with E-state index in [-0.39, 0.29) is 32.7 Å². The molecule has 1 atom stereocenters. The summed E-state index contributed by atoms with van der Waals surface area (Å²) in [5, 5.41) is 0. The van der Waals surface area contributed by atoms with Crippen LogP contribution in [-0.2, 0) is 32.7 Å². The number of nitrogens with zero attached hydrogens (tertiary/aromatic N) is 1. The summed E-state index contributed by atoms with van der Waals surface area (Å²) in [5.74, 6) is 0. The molecule has 2 heteroatoms. The Kier molecular flexibility index (Phi) is 7.20. The van der Waals surface area contributed by atoms with Gasteiger partial charge in [0.15, 0.2) is 0 Å². The minimum absolute atomic E-state index is 0. The van der Waals surface area contributed by atoms with Gasteiger partial charge in [0.2, 0.25) is 0 Å². The topological polar surface area (TPSA) is 3.24 Å². The van der Waals surface area contributed by atoms with Crippen molar-refractivity contribution in [2.45, 2.75) is 31.7 Å². The van der Waals surface area contributed by atoms with Gasteiger partial charge in [-0.05, 0) is 7.05 Å². The quantitative estimate of drug-likeness (QED) is 0.652. The summed E-state index contributed by atoms with van der Waals surface area (Å²) in [6.45, 7) is 4.80. The molecule has 0 heterocycles. The van der Waals surface area contributed by atoms with Gasteiger partial charge in [-0.2, -0.15) is 6.42 Å². The molecule has 1 fully saturated rings. The first kappa shape index (κ1) is 12.1. The van der Waals surface area contributed by atoms with Crippen LogP contribution in [0.5, 0.6) is 0 Å². The maximum atomic E-state index is 3.87. The van der Waals surface area contributed by atoms with E-state index in [1.54, 1.807) is 0 Å². The summed E-state index contributed by atoms with van der Waals surface area (Å²) in [4.78, 5) is 2.32. The zero-order valence-electron chi connectivity index (χ0n) is 7.42. The third kappa shape index (κ3) is 4.01. The molecule has 1 saturated carbocycles. The van der Waals surface area contributed by atoms with Crippen LogP contribution in [0, 0.1) is 13.3 Å². The van der Waals surface area contributed by atoms with Crippen molar-refractivity contribution < 1.29 is 32.7 Å². The molecule has 1 rings (SSSR count). The Morgan fingerprint density at radius 3 is 2.73 bits per heavy atom. The van der Waals surface area contributed by atoms with Crippen molar-refractivity contribution in [3.63, 3.8) is 0 Å². The van der Waals surface area contributed by atoms with Gasteiger partial charge >= 0.3 is 0 Å². The minimum Gasteiger partial charge on any atom is -0.362 e. The molecule has 63 valence electrons. The molecule has 1 aliphatic carbocycles. The maximum absolute atomic E-state index is 3.87. The van der Waals surface area contributed by atoms with Crippen LogP contribution in [0.3, 0.4) is 0 Å². The molecule has 0 bridgehead atoms. The number of hydrogen-bond donors (Lipinski definition) is 0. The molecule has 0 N–H and O–H groups in total. The van der Waals surface area contributed by atoms with Crippen LogP contribution < -0.4 is 0 Å². The van der Waals surface area contributed by atoms with Crippen molar-refractivity contribution in [2.24, 2.45) is 0 Å². The minimum atomic E-state index is 0. The van der Waals surface area contributed by atoms with Gasteiger partial charge < -0.3 is 18.2 Å². The van der Waals surface area contributed by atoms with Crippen LogP contribution in [0.2, 0.25) is 0 Å². The zero-order chi connectivity index (χ0) is 7.40. The van der Waals surface area contributed by atoms with E-state index in [2.05, 4.69) is 25.3 Å². The average Bonchev–Trinajstić information content (AvgIpc) is 2.05. The van der Waals surface area contributed by atoms with E-state index in [1.165, 1.54) is 25.7 Å². The van der Waals surface area contributed by atoms with Crippen LogP contribution in [0.4, 0.5) is 0 Å². The molecule has 0 aliphatic heterocycles. The van der Waals surface area contributed by atoms with Crippen molar-refractivity contribution in [2.75, 3.05) is 13.6 Å². The van der Waals surface area contributed by atoms with Crippen molar-refractivity contribution >= 4 is 0 Å². The molecule has 0 amide bonds. The smallest absolute Gasteiger partial charge is 0 e. The van der Waals surface area contributed by atoms with E-state index in [4.69, 9.17) is 0 Å². The fourth-order valence-electron chi connectivity index (χ4n) is 1.49. The van der Waals surface area contributed by atoms with Gasteiger partial charge in [-0.3, -0.25) is 0 Å². The van der Waals surface area contributed by atoms with Gasteiger partial charge in [-0.25, -0.2) is 0 Å². The fraction of sp³-hybridized carbons (Fsp3) is 0.778. The molecule has 1 radical (unpaired) electrons. The third-order valence-electron chi connectivity index (χ3n) is 2.31. The summed E-state index contributed by atoms with van der Waals surface area (Å²) >= 11 is 0. The molecule has 1 unspecified atom stereocenters. The van der Waals surface area contributed by atoms with Crippen molar-refractivity contribution in [1.82, 2.24) is 4.90 Å². The summed E-state index contributed by atoms with van der Waals surface area (Å²) < 4.78 is 0. The third-order valence-corrected chi connectivity index (χ3v) is 2.31. The molecule has 0 aromatic rings. The average molecular weight is 228 g/mol. The van der Waals surface area contributed by atoms with E-state index in [9.17, 15) is 0 Å². The summed E-state index contributed by atoms with van der Waals surface area (Å²) in [6, 6.07) is 0.714. The monoisotopic (exact) mass is 228 g/mol. The molecular weight excluding hydrogens is 211 g/mol. The van der Waals surface area contributed by atoms with E-state index in [0.717, 1.165) is 6.54 Å². The van der Waals surface area contributed by atoms with Crippen molar-refractivity contribution in [3.05, 3.63) is 13.3 Å². The van der Waals surface area contributed by atoms with Gasteiger partial charge in [-0.15, -0.1) is 12.6 Å². The molecule has 0 spiro atoms. The van der Waals surface area contributed by atoms with Crippen LogP contribution in [-0.4, -0.2) is 24.5 Å². The van der Waals surface area contributed by atoms with Crippen molar-refractivity contribution in [3.8, 4) is 0 Å². The van der Waals surface area contributed by atoms with E-state index in [0.29, 0.717) is 6.04 Å². The van der Waals surface area contributed by atoms with E-state index in [1.807, 2.05) is 0 Å². The standard InChI is InChI=1S/C9H17N.Y/c1-3-10(2)9-7-5-4-6-8-9;/h7,9H,1,3-6,8H2,2H3;/q-2;. The molecule has 1 aliphatic rings. The second-order valence-corrected chi connectivity index (χ2v) is 3.07. The van der Waals surface area contributed by atoms with Gasteiger partial charge in [0, 0.05) is 32.7 Å². The first-order chi connectivity index (χ1) is 4.84. The number of hydrogen-bond acceptors (Lipinski definition) is 1. The fourth-order valence-corrected chi connectivity index (χ4v) is 1.49. The zero-order valence-corrected chi connectivity index (χ0v) is 10.3. The Balaban J connectivity index is 0.000001000. The molecule has 0 aromatic carbocycles. The predicted molar refractivity (Wildman–Crippen MR) is 44.5 cm³/mol. The molecule has 11 heavy (non-hydrogen) atoms. The normalized spacial score (nSPS) is 24.8. The first-order valence-electron chi connectivity index (χ1n) is 4.17. The summed E-state index contributed by atoms with van der Waals surface area (Å²) in [6.07, 6.45) is 7.85. The summed E-state index contributed by atoms with van der Waals surface area (Å²) in [5.41, 5.74) is 0. The van der Waals surface area contributed by atoms with Gasteiger partial charge in [-0.1, -0.05) is 19.3 Å². The van der Waals surface area contributed by atoms with Crippen LogP contribution in [0.25, 0.3) is 0 Å². The molecular formula is C9H17NY-2. The SMILES string of the molecule is [CH2-]CN(C)C1[CH-]CCCC1.[Y]. The Morgan fingerprint density at radius 1 is 1.55 bits per heavy atom. The molecule has 0 saturated heterocycles. The van der Waals surface area contributed by atoms with Crippen molar-refractivity contribution in [1.29, 1.82) is 0 Å². The van der Waals surface area contributed by atoms with E-state index >= 15 is 0 Å². The second kappa shape index (κ2) is 6.57. The Morgan fingerprint density at radius 2 is 2.27 bits per heavy atom. The second-order valence-electron chi connectivity index (χ2n) is 3.07. The number of rotatable bonds is 2.